The fourth-order valence-corrected chi connectivity index (χ4v) is 2.22. The Morgan fingerprint density at radius 3 is 2.65 bits per heavy atom. The van der Waals surface area contributed by atoms with E-state index in [2.05, 4.69) is 9.46 Å². The lowest BCUT2D eigenvalue weighted by Gasteiger charge is -2.12. The third-order valence-electron chi connectivity index (χ3n) is 2.24. The Bertz CT molecular complexity index is 573. The fourth-order valence-electron chi connectivity index (χ4n) is 1.43. The largest absolute Gasteiger partial charge is 0.494 e. The standard InChI is InChI=1S/C11H17N3O5S/c1-3-19-10-5-4-9(6-8(10)7-12)13-20(16,17)14-11(15)18-2/h4-6,13H,3,7,12H2,1-2H3,(H,14,15). The van der Waals surface area contributed by atoms with Gasteiger partial charge in [-0.05, 0) is 25.1 Å². The number of hydrogen-bond acceptors (Lipinski definition) is 6. The summed E-state index contributed by atoms with van der Waals surface area (Å²) < 4.78 is 36.6. The van der Waals surface area contributed by atoms with Gasteiger partial charge in [0, 0.05) is 12.1 Å². The lowest BCUT2D eigenvalue weighted by molar-refractivity contribution is 0.177. The lowest BCUT2D eigenvalue weighted by Crippen LogP contribution is -2.35. The Labute approximate surface area is 117 Å². The molecule has 0 saturated carbocycles. The molecule has 1 amide bonds. The Balaban J connectivity index is 2.90. The molecular weight excluding hydrogens is 286 g/mol. The predicted octanol–water partition coefficient (Wildman–Crippen LogP) is 0.557. The molecule has 1 aromatic rings. The molecule has 0 spiro atoms. The second-order valence-corrected chi connectivity index (χ2v) is 5.07. The fraction of sp³-hybridized carbons (Fsp3) is 0.364. The van der Waals surface area contributed by atoms with Crippen molar-refractivity contribution in [2.24, 2.45) is 5.73 Å². The first-order chi connectivity index (χ1) is 9.41. The number of carbonyl (C=O) groups excluding carboxylic acids is 1. The average molecular weight is 303 g/mol. The van der Waals surface area contributed by atoms with E-state index in [-0.39, 0.29) is 12.2 Å². The molecule has 0 radical (unpaired) electrons. The van der Waals surface area contributed by atoms with Gasteiger partial charge in [-0.2, -0.15) is 8.42 Å². The highest BCUT2D eigenvalue weighted by molar-refractivity contribution is 7.91. The Kier molecular flexibility index (Phi) is 5.59. The monoisotopic (exact) mass is 303 g/mol. The summed E-state index contributed by atoms with van der Waals surface area (Å²) in [6.45, 7) is 2.49. The van der Waals surface area contributed by atoms with Crippen LogP contribution in [0.4, 0.5) is 10.5 Å². The minimum atomic E-state index is -4.05. The quantitative estimate of drug-likeness (QED) is 0.706. The molecule has 0 bridgehead atoms. The van der Waals surface area contributed by atoms with Crippen LogP contribution in [0.25, 0.3) is 0 Å². The SMILES string of the molecule is CCOc1ccc(NS(=O)(=O)NC(=O)OC)cc1CN. The summed E-state index contributed by atoms with van der Waals surface area (Å²) in [4.78, 5) is 10.9. The van der Waals surface area contributed by atoms with Crippen LogP contribution in [0.2, 0.25) is 0 Å². The molecule has 0 aromatic heterocycles. The summed E-state index contributed by atoms with van der Waals surface area (Å²) in [7, 11) is -2.99. The van der Waals surface area contributed by atoms with Gasteiger partial charge in [-0.3, -0.25) is 4.72 Å². The van der Waals surface area contributed by atoms with Gasteiger partial charge in [0.25, 0.3) is 0 Å². The van der Waals surface area contributed by atoms with Gasteiger partial charge in [-0.1, -0.05) is 0 Å². The van der Waals surface area contributed by atoms with Crippen molar-refractivity contribution in [2.45, 2.75) is 13.5 Å². The van der Waals surface area contributed by atoms with E-state index < -0.39 is 16.3 Å². The van der Waals surface area contributed by atoms with Gasteiger partial charge in [0.05, 0.1) is 19.4 Å². The highest BCUT2D eigenvalue weighted by Crippen LogP contribution is 2.23. The van der Waals surface area contributed by atoms with Crippen molar-refractivity contribution in [3.8, 4) is 5.75 Å². The van der Waals surface area contributed by atoms with Gasteiger partial charge < -0.3 is 15.2 Å². The van der Waals surface area contributed by atoms with Gasteiger partial charge >= 0.3 is 16.3 Å². The first-order valence-corrected chi connectivity index (χ1v) is 7.24. The second kappa shape index (κ2) is 6.96. The van der Waals surface area contributed by atoms with Gasteiger partial charge in [0.15, 0.2) is 0 Å². The number of rotatable bonds is 6. The highest BCUT2D eigenvalue weighted by atomic mass is 32.2. The van der Waals surface area contributed by atoms with Crippen molar-refractivity contribution >= 4 is 22.0 Å². The first kappa shape index (κ1) is 16.1. The Morgan fingerprint density at radius 1 is 1.40 bits per heavy atom. The second-order valence-electron chi connectivity index (χ2n) is 3.66. The summed E-state index contributed by atoms with van der Waals surface area (Å²) in [5.41, 5.74) is 6.47. The summed E-state index contributed by atoms with van der Waals surface area (Å²) in [5, 5.41) is 0. The molecule has 0 aliphatic carbocycles. The molecule has 0 saturated heterocycles. The topological polar surface area (TPSA) is 120 Å². The smallest absolute Gasteiger partial charge is 0.422 e. The maximum Gasteiger partial charge on any atom is 0.422 e. The van der Waals surface area contributed by atoms with Crippen LogP contribution in [0.15, 0.2) is 18.2 Å². The van der Waals surface area contributed by atoms with Crippen molar-refractivity contribution in [2.75, 3.05) is 18.4 Å². The summed E-state index contributed by atoms with van der Waals surface area (Å²) in [6.07, 6.45) is -1.08. The molecule has 112 valence electrons. The van der Waals surface area contributed by atoms with E-state index in [1.807, 2.05) is 6.92 Å². The average Bonchev–Trinajstić information content (AvgIpc) is 2.39. The first-order valence-electron chi connectivity index (χ1n) is 5.76. The maximum absolute atomic E-state index is 11.6. The minimum absolute atomic E-state index is 0.190. The molecule has 0 aliphatic heterocycles. The van der Waals surface area contributed by atoms with E-state index in [0.29, 0.717) is 17.9 Å². The number of carbonyl (C=O) groups is 1. The van der Waals surface area contributed by atoms with E-state index >= 15 is 0 Å². The number of benzene rings is 1. The van der Waals surface area contributed by atoms with Crippen LogP contribution < -0.4 is 19.9 Å². The molecule has 0 unspecified atom stereocenters. The number of hydrogen-bond donors (Lipinski definition) is 3. The van der Waals surface area contributed by atoms with Crippen LogP contribution in [-0.4, -0.2) is 28.2 Å². The van der Waals surface area contributed by atoms with Gasteiger partial charge in [-0.15, -0.1) is 0 Å². The molecule has 0 aliphatic rings. The summed E-state index contributed by atoms with van der Waals surface area (Å²) >= 11 is 0. The third kappa shape index (κ3) is 4.59. The van der Waals surface area contributed by atoms with Gasteiger partial charge in [0.2, 0.25) is 0 Å². The third-order valence-corrected chi connectivity index (χ3v) is 3.18. The predicted molar refractivity (Wildman–Crippen MR) is 73.6 cm³/mol. The number of nitrogens with one attached hydrogen (secondary N) is 2. The number of amides is 1. The summed E-state index contributed by atoms with van der Waals surface area (Å²) in [5.74, 6) is 0.582. The molecule has 4 N–H and O–H groups in total. The van der Waals surface area contributed by atoms with Crippen molar-refractivity contribution < 1.29 is 22.7 Å². The van der Waals surface area contributed by atoms with E-state index in [1.165, 1.54) is 12.1 Å². The molecule has 8 nitrogen and oxygen atoms in total. The van der Waals surface area contributed by atoms with Gasteiger partial charge in [-0.25, -0.2) is 9.52 Å². The van der Waals surface area contributed by atoms with E-state index in [1.54, 1.807) is 10.8 Å². The highest BCUT2D eigenvalue weighted by Gasteiger charge is 2.15. The van der Waals surface area contributed by atoms with Crippen LogP contribution in [0.3, 0.4) is 0 Å². The number of ether oxygens (including phenoxy) is 2. The Hall–Kier alpha value is -2.00. The molecule has 1 rings (SSSR count). The van der Waals surface area contributed by atoms with Crippen LogP contribution in [0.5, 0.6) is 5.75 Å². The maximum atomic E-state index is 11.6. The van der Waals surface area contributed by atoms with E-state index in [9.17, 15) is 13.2 Å². The van der Waals surface area contributed by atoms with Crippen LogP contribution in [-0.2, 0) is 21.5 Å². The molecule has 0 heterocycles. The normalized spacial score (nSPS) is 10.8. The Morgan fingerprint density at radius 2 is 2.10 bits per heavy atom. The van der Waals surface area contributed by atoms with Crippen LogP contribution in [0.1, 0.15) is 12.5 Å². The zero-order valence-corrected chi connectivity index (χ0v) is 12.0. The lowest BCUT2D eigenvalue weighted by atomic mass is 10.2. The van der Waals surface area contributed by atoms with Crippen molar-refractivity contribution in [1.82, 2.24) is 4.72 Å². The zero-order chi connectivity index (χ0) is 15.2. The van der Waals surface area contributed by atoms with Crippen molar-refractivity contribution in [3.05, 3.63) is 23.8 Å². The summed E-state index contributed by atoms with van der Waals surface area (Å²) in [6, 6.07) is 4.63. The molecule has 0 atom stereocenters. The molecule has 9 heteroatoms. The number of anilines is 1. The molecule has 1 aromatic carbocycles. The minimum Gasteiger partial charge on any atom is -0.494 e. The van der Waals surface area contributed by atoms with E-state index in [0.717, 1.165) is 7.11 Å². The van der Waals surface area contributed by atoms with Crippen LogP contribution >= 0.6 is 0 Å². The zero-order valence-electron chi connectivity index (χ0n) is 11.2. The molecule has 20 heavy (non-hydrogen) atoms. The molecular formula is C11H17N3O5S. The van der Waals surface area contributed by atoms with E-state index in [4.69, 9.17) is 10.5 Å². The van der Waals surface area contributed by atoms with Gasteiger partial charge in [0.1, 0.15) is 5.75 Å². The van der Waals surface area contributed by atoms with Crippen molar-refractivity contribution in [3.63, 3.8) is 0 Å². The number of nitrogens with two attached hydrogens (primary N) is 1. The van der Waals surface area contributed by atoms with Crippen molar-refractivity contribution in [1.29, 1.82) is 0 Å². The van der Waals surface area contributed by atoms with Crippen LogP contribution in [0, 0.1) is 0 Å². The molecule has 0 fully saturated rings. The number of methoxy groups -OCH3 is 1.